The van der Waals surface area contributed by atoms with Crippen LogP contribution in [0.2, 0.25) is 0 Å². The molecule has 0 spiro atoms. The van der Waals surface area contributed by atoms with Crippen LogP contribution in [-0.4, -0.2) is 17.3 Å². The minimum Gasteiger partial charge on any atom is -0.389 e. The summed E-state index contributed by atoms with van der Waals surface area (Å²) in [7, 11) is 0. The van der Waals surface area contributed by atoms with Gasteiger partial charge in [-0.05, 0) is 56.3 Å². The predicted molar refractivity (Wildman–Crippen MR) is 85.5 cm³/mol. The van der Waals surface area contributed by atoms with E-state index in [1.165, 1.54) is 32.1 Å². The summed E-state index contributed by atoms with van der Waals surface area (Å²) in [5.74, 6) is 1.93. The van der Waals surface area contributed by atoms with Crippen molar-refractivity contribution in [2.45, 2.75) is 84.2 Å². The lowest BCUT2D eigenvalue weighted by Gasteiger charge is -2.56. The molecule has 0 bridgehead atoms. The van der Waals surface area contributed by atoms with Crippen LogP contribution in [-0.2, 0) is 0 Å². The predicted octanol–water partition coefficient (Wildman–Crippen LogP) is 4.11. The van der Waals surface area contributed by atoms with Gasteiger partial charge in [0.2, 0.25) is 0 Å². The fourth-order valence-electron chi connectivity index (χ4n) is 5.09. The highest BCUT2D eigenvalue weighted by atomic mass is 16.3. The van der Waals surface area contributed by atoms with Crippen molar-refractivity contribution in [2.75, 3.05) is 6.54 Å². The highest BCUT2D eigenvalue weighted by Crippen LogP contribution is 2.54. The molecule has 118 valence electrons. The van der Waals surface area contributed by atoms with E-state index in [0.29, 0.717) is 18.4 Å². The third-order valence-corrected chi connectivity index (χ3v) is 6.64. The standard InChI is InChI=1S/C18H35NO/c1-4-5-16-8-10-17(13-19,11-9-16)18(20)12-14(2)6-7-15(18)3/h14-16,20H,4-13,19H2,1-3H3. The summed E-state index contributed by atoms with van der Waals surface area (Å²) in [6.07, 6.45) is 10.9. The molecule has 0 radical (unpaired) electrons. The average Bonchev–Trinajstić information content (AvgIpc) is 2.44. The van der Waals surface area contributed by atoms with Crippen LogP contribution in [0, 0.1) is 23.2 Å². The molecule has 0 aromatic carbocycles. The lowest BCUT2D eigenvalue weighted by atomic mass is 9.53. The van der Waals surface area contributed by atoms with Gasteiger partial charge in [-0.25, -0.2) is 0 Å². The fraction of sp³-hybridized carbons (Fsp3) is 1.00. The minimum absolute atomic E-state index is 0.00859. The number of nitrogens with two attached hydrogens (primary N) is 1. The summed E-state index contributed by atoms with van der Waals surface area (Å²) in [6.45, 7) is 7.49. The van der Waals surface area contributed by atoms with Gasteiger partial charge in [0.05, 0.1) is 5.60 Å². The first-order valence-corrected chi connectivity index (χ1v) is 8.90. The molecule has 2 aliphatic rings. The van der Waals surface area contributed by atoms with Gasteiger partial charge in [-0.2, -0.15) is 0 Å². The van der Waals surface area contributed by atoms with Gasteiger partial charge >= 0.3 is 0 Å². The monoisotopic (exact) mass is 281 g/mol. The van der Waals surface area contributed by atoms with E-state index in [1.54, 1.807) is 0 Å². The van der Waals surface area contributed by atoms with Gasteiger partial charge in [0, 0.05) is 12.0 Å². The van der Waals surface area contributed by atoms with Gasteiger partial charge < -0.3 is 10.8 Å². The normalized spacial score (nSPS) is 46.4. The van der Waals surface area contributed by atoms with E-state index in [0.717, 1.165) is 31.6 Å². The zero-order valence-corrected chi connectivity index (χ0v) is 13.8. The van der Waals surface area contributed by atoms with E-state index in [2.05, 4.69) is 20.8 Å². The summed E-state index contributed by atoms with van der Waals surface area (Å²) in [5, 5.41) is 11.5. The third kappa shape index (κ3) is 2.78. The molecule has 2 saturated carbocycles. The van der Waals surface area contributed by atoms with Crippen LogP contribution in [0.15, 0.2) is 0 Å². The first-order valence-electron chi connectivity index (χ1n) is 8.90. The van der Waals surface area contributed by atoms with Crippen molar-refractivity contribution < 1.29 is 5.11 Å². The molecule has 3 unspecified atom stereocenters. The van der Waals surface area contributed by atoms with E-state index < -0.39 is 5.60 Å². The van der Waals surface area contributed by atoms with Crippen molar-refractivity contribution in [3.05, 3.63) is 0 Å². The second-order valence-electron chi connectivity index (χ2n) is 7.93. The fourth-order valence-corrected chi connectivity index (χ4v) is 5.09. The molecule has 0 saturated heterocycles. The Morgan fingerprint density at radius 2 is 1.75 bits per heavy atom. The van der Waals surface area contributed by atoms with E-state index in [9.17, 15) is 5.11 Å². The molecule has 0 aromatic rings. The van der Waals surface area contributed by atoms with Crippen LogP contribution in [0.3, 0.4) is 0 Å². The molecule has 20 heavy (non-hydrogen) atoms. The Morgan fingerprint density at radius 1 is 1.10 bits per heavy atom. The molecule has 2 nitrogen and oxygen atoms in total. The van der Waals surface area contributed by atoms with Crippen LogP contribution < -0.4 is 5.73 Å². The van der Waals surface area contributed by atoms with Gasteiger partial charge in [0.1, 0.15) is 0 Å². The van der Waals surface area contributed by atoms with Crippen LogP contribution in [0.5, 0.6) is 0 Å². The van der Waals surface area contributed by atoms with Gasteiger partial charge in [-0.1, -0.05) is 40.0 Å². The molecular formula is C18H35NO. The number of aliphatic hydroxyl groups is 1. The van der Waals surface area contributed by atoms with E-state index >= 15 is 0 Å². The maximum Gasteiger partial charge on any atom is 0.0743 e. The Morgan fingerprint density at radius 3 is 2.30 bits per heavy atom. The van der Waals surface area contributed by atoms with Crippen LogP contribution in [0.1, 0.15) is 78.6 Å². The molecule has 3 N–H and O–H groups in total. The largest absolute Gasteiger partial charge is 0.389 e. The van der Waals surface area contributed by atoms with Crippen molar-refractivity contribution in [3.8, 4) is 0 Å². The van der Waals surface area contributed by atoms with Crippen molar-refractivity contribution in [2.24, 2.45) is 28.9 Å². The molecule has 0 amide bonds. The number of hydrogen-bond donors (Lipinski definition) is 2. The quantitative estimate of drug-likeness (QED) is 0.814. The lowest BCUT2D eigenvalue weighted by Crippen LogP contribution is -2.59. The van der Waals surface area contributed by atoms with E-state index in [1.807, 2.05) is 0 Å². The average molecular weight is 281 g/mol. The Kier molecular flexibility index (Phi) is 5.18. The van der Waals surface area contributed by atoms with Gasteiger partial charge in [-0.15, -0.1) is 0 Å². The molecule has 3 atom stereocenters. The lowest BCUT2D eigenvalue weighted by molar-refractivity contribution is -0.166. The zero-order valence-electron chi connectivity index (χ0n) is 13.8. The maximum absolute atomic E-state index is 11.5. The Bertz CT molecular complexity index is 309. The van der Waals surface area contributed by atoms with Gasteiger partial charge in [0.15, 0.2) is 0 Å². The molecule has 0 heterocycles. The smallest absolute Gasteiger partial charge is 0.0743 e. The summed E-state index contributed by atoms with van der Waals surface area (Å²) < 4.78 is 0. The van der Waals surface area contributed by atoms with Crippen molar-refractivity contribution >= 4 is 0 Å². The molecule has 2 rings (SSSR count). The first-order chi connectivity index (χ1) is 9.47. The Balaban J connectivity index is 2.14. The van der Waals surface area contributed by atoms with E-state index in [-0.39, 0.29) is 5.41 Å². The Hall–Kier alpha value is -0.0800. The highest BCUT2D eigenvalue weighted by molar-refractivity contribution is 5.06. The molecule has 2 fully saturated rings. The topological polar surface area (TPSA) is 46.2 Å². The Labute approximate surface area is 125 Å². The highest BCUT2D eigenvalue weighted by Gasteiger charge is 2.54. The van der Waals surface area contributed by atoms with Crippen LogP contribution in [0.4, 0.5) is 0 Å². The van der Waals surface area contributed by atoms with E-state index in [4.69, 9.17) is 5.73 Å². The molecule has 2 aliphatic carbocycles. The summed E-state index contributed by atoms with van der Waals surface area (Å²) in [4.78, 5) is 0. The molecule has 2 heteroatoms. The number of hydrogen-bond acceptors (Lipinski definition) is 2. The van der Waals surface area contributed by atoms with Crippen LogP contribution in [0.25, 0.3) is 0 Å². The summed E-state index contributed by atoms with van der Waals surface area (Å²) in [5.41, 5.74) is 5.70. The first kappa shape index (κ1) is 16.3. The summed E-state index contributed by atoms with van der Waals surface area (Å²) >= 11 is 0. The van der Waals surface area contributed by atoms with Gasteiger partial charge in [-0.3, -0.25) is 0 Å². The second-order valence-corrected chi connectivity index (χ2v) is 7.93. The number of rotatable bonds is 4. The molecule has 0 aromatic heterocycles. The maximum atomic E-state index is 11.5. The van der Waals surface area contributed by atoms with Crippen molar-refractivity contribution in [3.63, 3.8) is 0 Å². The minimum atomic E-state index is -0.517. The third-order valence-electron chi connectivity index (χ3n) is 6.64. The molecular weight excluding hydrogens is 246 g/mol. The summed E-state index contributed by atoms with van der Waals surface area (Å²) in [6, 6.07) is 0. The van der Waals surface area contributed by atoms with Crippen molar-refractivity contribution in [1.29, 1.82) is 0 Å². The van der Waals surface area contributed by atoms with Crippen molar-refractivity contribution in [1.82, 2.24) is 0 Å². The second kappa shape index (κ2) is 6.36. The SMILES string of the molecule is CCCC1CCC(CN)(C2(O)CC(C)CCC2C)CC1. The van der Waals surface area contributed by atoms with Crippen LogP contribution >= 0.6 is 0 Å². The van der Waals surface area contributed by atoms with Gasteiger partial charge in [0.25, 0.3) is 0 Å². The zero-order chi connectivity index (χ0) is 14.8. The molecule has 0 aliphatic heterocycles.